The number of hydrogen-bond acceptors (Lipinski definition) is 2. The summed E-state index contributed by atoms with van der Waals surface area (Å²) in [5, 5.41) is 9.02. The molecule has 0 aliphatic carbocycles. The maximum atomic E-state index is 9.02. The van der Waals surface area contributed by atoms with Crippen molar-refractivity contribution in [2.45, 2.75) is 30.4 Å². The van der Waals surface area contributed by atoms with Gasteiger partial charge in [0.15, 0.2) is 0 Å². The number of aryl methyl sites for hydroxylation is 1. The summed E-state index contributed by atoms with van der Waals surface area (Å²) in [4.78, 5) is 1.05. The lowest BCUT2D eigenvalue weighted by Gasteiger charge is -2.22. The Morgan fingerprint density at radius 1 is 1.47 bits per heavy atom. The summed E-state index contributed by atoms with van der Waals surface area (Å²) in [7, 11) is 0. The van der Waals surface area contributed by atoms with Crippen LogP contribution in [0.25, 0.3) is 0 Å². The molecule has 0 aliphatic rings. The van der Waals surface area contributed by atoms with E-state index in [0.29, 0.717) is 5.88 Å². The fourth-order valence-electron chi connectivity index (χ4n) is 1.18. The molecule has 1 nitrogen and oxygen atoms in total. The van der Waals surface area contributed by atoms with E-state index in [2.05, 4.69) is 19.9 Å². The lowest BCUT2D eigenvalue weighted by molar-refractivity contribution is 0.810. The van der Waals surface area contributed by atoms with E-state index in [1.54, 1.807) is 11.8 Å². The topological polar surface area (TPSA) is 23.8 Å². The molecule has 0 spiro atoms. The second kappa shape index (κ2) is 4.92. The molecule has 1 aromatic carbocycles. The highest BCUT2D eigenvalue weighted by molar-refractivity contribution is 8.00. The zero-order valence-electron chi connectivity index (χ0n) is 9.17. The van der Waals surface area contributed by atoms with Gasteiger partial charge in [-0.2, -0.15) is 5.26 Å². The fourth-order valence-corrected chi connectivity index (χ4v) is 2.40. The van der Waals surface area contributed by atoms with Gasteiger partial charge in [0.2, 0.25) is 0 Å². The third-order valence-electron chi connectivity index (χ3n) is 2.03. The minimum Gasteiger partial charge on any atom is -0.192 e. The van der Waals surface area contributed by atoms with E-state index in [1.807, 2.05) is 25.1 Å². The summed E-state index contributed by atoms with van der Waals surface area (Å²) < 4.78 is -0.0424. The molecule has 0 saturated heterocycles. The van der Waals surface area contributed by atoms with E-state index >= 15 is 0 Å². The number of thioether (sulfide) groups is 1. The van der Waals surface area contributed by atoms with E-state index in [0.717, 1.165) is 16.0 Å². The summed E-state index contributed by atoms with van der Waals surface area (Å²) in [6, 6.07) is 8.00. The van der Waals surface area contributed by atoms with Crippen LogP contribution in [-0.4, -0.2) is 10.6 Å². The maximum absolute atomic E-state index is 9.02. The van der Waals surface area contributed by atoms with Gasteiger partial charge in [-0.3, -0.25) is 0 Å². The number of benzene rings is 1. The quantitative estimate of drug-likeness (QED) is 0.589. The Balaban J connectivity index is 3.09. The third-order valence-corrected chi connectivity index (χ3v) is 4.30. The Hall–Kier alpha value is -0.650. The number of rotatable bonds is 3. The normalized spacial score (nSPS) is 11.1. The van der Waals surface area contributed by atoms with Crippen LogP contribution in [0.4, 0.5) is 0 Å². The minimum atomic E-state index is -0.0424. The molecular weight excluding hydrogens is 226 g/mol. The van der Waals surface area contributed by atoms with Gasteiger partial charge >= 0.3 is 0 Å². The van der Waals surface area contributed by atoms with Crippen molar-refractivity contribution in [3.63, 3.8) is 0 Å². The van der Waals surface area contributed by atoms with Crippen molar-refractivity contribution in [3.05, 3.63) is 29.3 Å². The van der Waals surface area contributed by atoms with E-state index in [9.17, 15) is 0 Å². The van der Waals surface area contributed by atoms with Crippen LogP contribution in [0, 0.1) is 18.3 Å². The van der Waals surface area contributed by atoms with Gasteiger partial charge in [0.25, 0.3) is 0 Å². The molecule has 1 rings (SSSR count). The van der Waals surface area contributed by atoms with Crippen molar-refractivity contribution in [1.29, 1.82) is 5.26 Å². The number of hydrogen-bond donors (Lipinski definition) is 0. The molecule has 0 aliphatic heterocycles. The molecule has 0 heterocycles. The zero-order chi connectivity index (χ0) is 11.5. The molecule has 80 valence electrons. The summed E-state index contributed by atoms with van der Waals surface area (Å²) in [5.41, 5.74) is 1.87. The first-order chi connectivity index (χ1) is 7.00. The first-order valence-corrected chi connectivity index (χ1v) is 6.10. The molecule has 15 heavy (non-hydrogen) atoms. The molecule has 0 fully saturated rings. The Labute approximate surface area is 100 Å². The Kier molecular flexibility index (Phi) is 4.07. The molecule has 0 amide bonds. The molecule has 0 N–H and O–H groups in total. The monoisotopic (exact) mass is 239 g/mol. The molecule has 0 unspecified atom stereocenters. The van der Waals surface area contributed by atoms with Crippen LogP contribution >= 0.6 is 23.4 Å². The second-order valence-corrected chi connectivity index (χ2v) is 6.04. The fraction of sp³-hybridized carbons (Fsp3) is 0.417. The van der Waals surface area contributed by atoms with Crippen LogP contribution in [0.5, 0.6) is 0 Å². The number of alkyl halides is 1. The van der Waals surface area contributed by atoms with Gasteiger partial charge in [0, 0.05) is 15.5 Å². The highest BCUT2D eigenvalue weighted by atomic mass is 35.5. The molecule has 0 atom stereocenters. The predicted molar refractivity (Wildman–Crippen MR) is 66.6 cm³/mol. The SMILES string of the molecule is Cc1cccc(C#N)c1SC(C)(C)CCl. The molecule has 0 saturated carbocycles. The minimum absolute atomic E-state index is 0.0424. The Bertz CT molecular complexity index is 393. The van der Waals surface area contributed by atoms with Crippen molar-refractivity contribution >= 4 is 23.4 Å². The number of halogens is 1. The van der Waals surface area contributed by atoms with Crippen LogP contribution in [0.3, 0.4) is 0 Å². The van der Waals surface area contributed by atoms with E-state index < -0.39 is 0 Å². The lowest BCUT2D eigenvalue weighted by Crippen LogP contribution is -2.16. The van der Waals surface area contributed by atoms with Crippen LogP contribution in [0.1, 0.15) is 25.0 Å². The Morgan fingerprint density at radius 3 is 2.67 bits per heavy atom. The standard InChI is InChI=1S/C12H14ClNS/c1-9-5-4-6-10(7-14)11(9)15-12(2,3)8-13/h4-6H,8H2,1-3H3. The molecule has 0 aromatic heterocycles. The average molecular weight is 240 g/mol. The van der Waals surface area contributed by atoms with Crippen molar-refractivity contribution < 1.29 is 0 Å². The summed E-state index contributed by atoms with van der Waals surface area (Å²) in [6.07, 6.45) is 0. The van der Waals surface area contributed by atoms with Gasteiger partial charge in [-0.25, -0.2) is 0 Å². The lowest BCUT2D eigenvalue weighted by atomic mass is 10.1. The molecule has 1 aromatic rings. The van der Waals surface area contributed by atoms with Gasteiger partial charge < -0.3 is 0 Å². The second-order valence-electron chi connectivity index (χ2n) is 4.06. The third kappa shape index (κ3) is 3.15. The van der Waals surface area contributed by atoms with Gasteiger partial charge in [0.1, 0.15) is 6.07 Å². The first-order valence-electron chi connectivity index (χ1n) is 4.75. The summed E-state index contributed by atoms with van der Waals surface area (Å²) in [5.74, 6) is 0.566. The van der Waals surface area contributed by atoms with Crippen LogP contribution in [0.15, 0.2) is 23.1 Å². The highest BCUT2D eigenvalue weighted by Crippen LogP contribution is 2.37. The predicted octanol–water partition coefficient (Wildman–Crippen LogP) is 3.98. The van der Waals surface area contributed by atoms with E-state index in [-0.39, 0.29) is 4.75 Å². The molecule has 0 bridgehead atoms. The van der Waals surface area contributed by atoms with Crippen molar-refractivity contribution in [2.24, 2.45) is 0 Å². The van der Waals surface area contributed by atoms with E-state index in [4.69, 9.17) is 16.9 Å². The smallest absolute Gasteiger partial charge is 0.100 e. The zero-order valence-corrected chi connectivity index (χ0v) is 10.7. The molecule has 0 radical (unpaired) electrons. The van der Waals surface area contributed by atoms with Gasteiger partial charge in [-0.1, -0.05) is 12.1 Å². The van der Waals surface area contributed by atoms with Gasteiger partial charge in [-0.15, -0.1) is 23.4 Å². The average Bonchev–Trinajstić information content (AvgIpc) is 2.21. The maximum Gasteiger partial charge on any atom is 0.100 e. The Morgan fingerprint density at radius 2 is 2.13 bits per heavy atom. The summed E-state index contributed by atoms with van der Waals surface area (Å²) >= 11 is 7.56. The summed E-state index contributed by atoms with van der Waals surface area (Å²) in [6.45, 7) is 6.18. The van der Waals surface area contributed by atoms with E-state index in [1.165, 1.54) is 0 Å². The number of nitrogens with zero attached hydrogens (tertiary/aromatic N) is 1. The van der Waals surface area contributed by atoms with Crippen LogP contribution in [0.2, 0.25) is 0 Å². The largest absolute Gasteiger partial charge is 0.192 e. The van der Waals surface area contributed by atoms with Gasteiger partial charge in [0.05, 0.1) is 5.56 Å². The van der Waals surface area contributed by atoms with Crippen LogP contribution in [-0.2, 0) is 0 Å². The highest BCUT2D eigenvalue weighted by Gasteiger charge is 2.20. The van der Waals surface area contributed by atoms with Crippen molar-refractivity contribution in [1.82, 2.24) is 0 Å². The first kappa shape index (κ1) is 12.4. The van der Waals surface area contributed by atoms with Gasteiger partial charge in [-0.05, 0) is 32.4 Å². The molecule has 3 heteroatoms. The van der Waals surface area contributed by atoms with Crippen LogP contribution < -0.4 is 0 Å². The van der Waals surface area contributed by atoms with Crippen molar-refractivity contribution in [3.8, 4) is 6.07 Å². The number of nitriles is 1. The van der Waals surface area contributed by atoms with Crippen molar-refractivity contribution in [2.75, 3.05) is 5.88 Å². The molecular formula is C12H14ClNS.